The molecule has 0 bridgehead atoms. The van der Waals surface area contributed by atoms with Crippen LogP contribution in [0.4, 0.5) is 4.39 Å². The number of halogens is 1. The van der Waals surface area contributed by atoms with Gasteiger partial charge < -0.3 is 9.30 Å². The van der Waals surface area contributed by atoms with Crippen molar-refractivity contribution < 1.29 is 9.13 Å². The van der Waals surface area contributed by atoms with Crippen molar-refractivity contribution in [3.05, 3.63) is 59.7 Å². The van der Waals surface area contributed by atoms with Gasteiger partial charge in [0.15, 0.2) is 0 Å². The molecule has 1 aliphatic rings. The van der Waals surface area contributed by atoms with Gasteiger partial charge in [-0.3, -0.25) is 0 Å². The number of aromatic nitrogens is 1. The van der Waals surface area contributed by atoms with Crippen molar-refractivity contribution >= 4 is 5.90 Å². The maximum Gasteiger partial charge on any atom is 0.233 e. The molecule has 2 aromatic rings. The highest BCUT2D eigenvalue weighted by Gasteiger charge is 2.25. The van der Waals surface area contributed by atoms with Crippen LogP contribution in [0.25, 0.3) is 0 Å². The zero-order valence-corrected chi connectivity index (χ0v) is 13.0. The van der Waals surface area contributed by atoms with E-state index in [-0.39, 0.29) is 11.9 Å². The second-order valence-electron chi connectivity index (χ2n) is 5.85. The van der Waals surface area contributed by atoms with E-state index in [2.05, 4.69) is 18.4 Å². The Kier molecular flexibility index (Phi) is 4.27. The quantitative estimate of drug-likeness (QED) is 0.823. The van der Waals surface area contributed by atoms with Crippen molar-refractivity contribution in [1.29, 1.82) is 0 Å². The normalized spacial score (nSPS) is 18.9. The molecule has 0 aliphatic carbocycles. The van der Waals surface area contributed by atoms with Gasteiger partial charge in [-0.2, -0.15) is 0 Å². The highest BCUT2D eigenvalue weighted by atomic mass is 19.1. The minimum Gasteiger partial charge on any atom is -0.474 e. The SMILES string of the molecule is CCC(C)C1COC(c2cccn2Cc2ccc(F)cc2)=N1. The summed E-state index contributed by atoms with van der Waals surface area (Å²) < 4.78 is 20.9. The van der Waals surface area contributed by atoms with Gasteiger partial charge in [0.05, 0.1) is 6.04 Å². The molecule has 0 fully saturated rings. The van der Waals surface area contributed by atoms with Gasteiger partial charge in [-0.05, 0) is 35.7 Å². The fraction of sp³-hybridized carbons (Fsp3) is 0.389. The van der Waals surface area contributed by atoms with E-state index in [1.807, 2.05) is 18.3 Å². The van der Waals surface area contributed by atoms with E-state index in [1.54, 1.807) is 12.1 Å². The van der Waals surface area contributed by atoms with E-state index >= 15 is 0 Å². The Balaban J connectivity index is 1.79. The largest absolute Gasteiger partial charge is 0.474 e. The minimum absolute atomic E-state index is 0.212. The highest BCUT2D eigenvalue weighted by molar-refractivity contribution is 5.93. The third kappa shape index (κ3) is 3.06. The van der Waals surface area contributed by atoms with Gasteiger partial charge in [-0.15, -0.1) is 0 Å². The van der Waals surface area contributed by atoms with Crippen LogP contribution in [0, 0.1) is 11.7 Å². The molecule has 2 heterocycles. The summed E-state index contributed by atoms with van der Waals surface area (Å²) in [4.78, 5) is 4.73. The molecule has 22 heavy (non-hydrogen) atoms. The van der Waals surface area contributed by atoms with Crippen LogP contribution in [-0.4, -0.2) is 23.1 Å². The van der Waals surface area contributed by atoms with Gasteiger partial charge in [0.25, 0.3) is 0 Å². The predicted molar refractivity (Wildman–Crippen MR) is 85.7 cm³/mol. The summed E-state index contributed by atoms with van der Waals surface area (Å²) in [6, 6.07) is 10.8. The average Bonchev–Trinajstić information content (AvgIpc) is 3.17. The summed E-state index contributed by atoms with van der Waals surface area (Å²) >= 11 is 0. The number of hydrogen-bond acceptors (Lipinski definition) is 2. The van der Waals surface area contributed by atoms with Crippen LogP contribution >= 0.6 is 0 Å². The second kappa shape index (κ2) is 6.34. The maximum atomic E-state index is 13.0. The molecule has 0 radical (unpaired) electrons. The third-order valence-electron chi connectivity index (χ3n) is 4.29. The Morgan fingerprint density at radius 3 is 2.82 bits per heavy atom. The number of aliphatic imine (C=N–C) groups is 1. The van der Waals surface area contributed by atoms with Crippen molar-refractivity contribution in [2.45, 2.75) is 32.9 Å². The molecular formula is C18H21FN2O. The lowest BCUT2D eigenvalue weighted by Crippen LogP contribution is -2.16. The molecule has 1 aromatic heterocycles. The monoisotopic (exact) mass is 300 g/mol. The lowest BCUT2D eigenvalue weighted by molar-refractivity contribution is 0.281. The first kappa shape index (κ1) is 14.8. The van der Waals surface area contributed by atoms with E-state index in [1.165, 1.54) is 12.1 Å². The molecule has 1 aliphatic heterocycles. The van der Waals surface area contributed by atoms with Gasteiger partial charge in [0.1, 0.15) is 18.1 Å². The summed E-state index contributed by atoms with van der Waals surface area (Å²) in [5.41, 5.74) is 2.03. The molecule has 2 unspecified atom stereocenters. The van der Waals surface area contributed by atoms with Crippen molar-refractivity contribution in [1.82, 2.24) is 4.57 Å². The summed E-state index contributed by atoms with van der Waals surface area (Å²) in [5.74, 6) is 1.03. The summed E-state index contributed by atoms with van der Waals surface area (Å²) in [5, 5.41) is 0. The van der Waals surface area contributed by atoms with E-state index in [0.29, 0.717) is 19.1 Å². The Labute approximate surface area is 130 Å². The van der Waals surface area contributed by atoms with Crippen molar-refractivity contribution in [2.24, 2.45) is 10.9 Å². The van der Waals surface area contributed by atoms with Crippen LogP contribution in [-0.2, 0) is 11.3 Å². The summed E-state index contributed by atoms with van der Waals surface area (Å²) in [7, 11) is 0. The van der Waals surface area contributed by atoms with Crippen LogP contribution in [0.5, 0.6) is 0 Å². The van der Waals surface area contributed by atoms with Crippen molar-refractivity contribution in [3.63, 3.8) is 0 Å². The van der Waals surface area contributed by atoms with Crippen LogP contribution in [0.3, 0.4) is 0 Å². The van der Waals surface area contributed by atoms with Crippen LogP contribution < -0.4 is 0 Å². The molecule has 4 heteroatoms. The van der Waals surface area contributed by atoms with E-state index in [9.17, 15) is 4.39 Å². The molecule has 0 N–H and O–H groups in total. The van der Waals surface area contributed by atoms with Crippen molar-refractivity contribution in [3.8, 4) is 0 Å². The molecule has 0 saturated carbocycles. The molecule has 1 aromatic carbocycles. The van der Waals surface area contributed by atoms with Gasteiger partial charge in [-0.1, -0.05) is 32.4 Å². The number of benzene rings is 1. The number of nitrogens with zero attached hydrogens (tertiary/aromatic N) is 2. The Bertz CT molecular complexity index is 660. The zero-order chi connectivity index (χ0) is 15.5. The topological polar surface area (TPSA) is 26.5 Å². The fourth-order valence-electron chi connectivity index (χ4n) is 2.63. The molecule has 0 saturated heterocycles. The van der Waals surface area contributed by atoms with Gasteiger partial charge >= 0.3 is 0 Å². The van der Waals surface area contributed by atoms with Gasteiger partial charge in [0, 0.05) is 12.7 Å². The predicted octanol–water partition coefficient (Wildman–Crippen LogP) is 3.87. The molecule has 0 spiro atoms. The van der Waals surface area contributed by atoms with Crippen molar-refractivity contribution in [2.75, 3.05) is 6.61 Å². The lowest BCUT2D eigenvalue weighted by atomic mass is 10.0. The van der Waals surface area contributed by atoms with Crippen LogP contribution in [0.15, 0.2) is 47.6 Å². The fourth-order valence-corrected chi connectivity index (χ4v) is 2.63. The second-order valence-corrected chi connectivity index (χ2v) is 5.85. The number of hydrogen-bond donors (Lipinski definition) is 0. The van der Waals surface area contributed by atoms with E-state index in [4.69, 9.17) is 9.73 Å². The van der Waals surface area contributed by atoms with Crippen LogP contribution in [0.2, 0.25) is 0 Å². The lowest BCUT2D eigenvalue weighted by Gasteiger charge is -2.11. The van der Waals surface area contributed by atoms with Gasteiger partial charge in [-0.25, -0.2) is 9.38 Å². The standard InChI is InChI=1S/C18H21FN2O/c1-3-13(2)16-12-22-18(20-16)17-5-4-10-21(17)11-14-6-8-15(19)9-7-14/h4-10,13,16H,3,11-12H2,1-2H3. The van der Waals surface area contributed by atoms with E-state index < -0.39 is 0 Å². The zero-order valence-electron chi connectivity index (χ0n) is 13.0. The maximum absolute atomic E-state index is 13.0. The first-order valence-electron chi connectivity index (χ1n) is 7.78. The molecule has 2 atom stereocenters. The average molecular weight is 300 g/mol. The van der Waals surface area contributed by atoms with E-state index in [0.717, 1.165) is 23.6 Å². The summed E-state index contributed by atoms with van der Waals surface area (Å²) in [6.45, 7) is 5.72. The minimum atomic E-state index is -0.212. The number of ether oxygens (including phenoxy) is 1. The number of rotatable bonds is 5. The molecule has 116 valence electrons. The molecule has 3 rings (SSSR count). The first-order chi connectivity index (χ1) is 10.7. The Morgan fingerprint density at radius 1 is 1.32 bits per heavy atom. The Hall–Kier alpha value is -2.10. The first-order valence-corrected chi connectivity index (χ1v) is 7.78. The smallest absolute Gasteiger partial charge is 0.233 e. The van der Waals surface area contributed by atoms with Crippen LogP contribution in [0.1, 0.15) is 31.5 Å². The molecular weight excluding hydrogens is 279 g/mol. The summed E-state index contributed by atoms with van der Waals surface area (Å²) in [6.07, 6.45) is 3.10. The van der Waals surface area contributed by atoms with Gasteiger partial charge in [0.2, 0.25) is 5.90 Å². The molecule has 0 amide bonds. The third-order valence-corrected chi connectivity index (χ3v) is 4.29. The Morgan fingerprint density at radius 2 is 2.09 bits per heavy atom. The molecule has 3 nitrogen and oxygen atoms in total. The highest BCUT2D eigenvalue weighted by Crippen LogP contribution is 2.21.